The lowest BCUT2D eigenvalue weighted by molar-refractivity contribution is -0.115. The van der Waals surface area contributed by atoms with Crippen molar-refractivity contribution in [3.63, 3.8) is 0 Å². The van der Waals surface area contributed by atoms with Gasteiger partial charge in [-0.2, -0.15) is 0 Å². The van der Waals surface area contributed by atoms with Crippen molar-refractivity contribution in [2.75, 3.05) is 0 Å². The molecule has 0 radical (unpaired) electrons. The van der Waals surface area contributed by atoms with E-state index in [4.69, 9.17) is 0 Å². The highest BCUT2D eigenvalue weighted by Crippen LogP contribution is 2.09. The summed E-state index contributed by atoms with van der Waals surface area (Å²) >= 11 is 0. The van der Waals surface area contributed by atoms with Gasteiger partial charge in [-0.3, -0.25) is 9.59 Å². The Bertz CT molecular complexity index is 1110. The van der Waals surface area contributed by atoms with Crippen LogP contribution in [0.3, 0.4) is 0 Å². The normalized spacial score (nSPS) is 19.4. The first-order chi connectivity index (χ1) is 12.1. The lowest BCUT2D eigenvalue weighted by Gasteiger charge is -1.94. The fraction of sp³-hybridized carbons (Fsp3) is 0. The number of H-pyrrole nitrogens is 2. The molecule has 3 N–H and O–H groups in total. The number of nitrogens with one attached hydrogen (secondary N) is 3. The average molecular weight is 330 g/mol. The molecule has 0 bridgehead atoms. The van der Waals surface area contributed by atoms with Crippen LogP contribution < -0.4 is 16.0 Å². The predicted molar refractivity (Wildman–Crippen MR) is 95.7 cm³/mol. The van der Waals surface area contributed by atoms with Crippen molar-refractivity contribution >= 4 is 35.8 Å². The zero-order valence-corrected chi connectivity index (χ0v) is 13.1. The first-order valence-electron chi connectivity index (χ1n) is 7.73. The molecule has 2 aliphatic heterocycles. The van der Waals surface area contributed by atoms with E-state index in [1.54, 1.807) is 12.2 Å². The minimum atomic E-state index is -0.231. The Morgan fingerprint density at radius 2 is 1.52 bits per heavy atom. The second-order valence-corrected chi connectivity index (χ2v) is 5.66. The van der Waals surface area contributed by atoms with Crippen LogP contribution in [0.25, 0.3) is 18.2 Å². The van der Waals surface area contributed by atoms with Gasteiger partial charge in [0.05, 0.1) is 5.71 Å². The zero-order chi connectivity index (χ0) is 17.2. The van der Waals surface area contributed by atoms with Gasteiger partial charge in [0.1, 0.15) is 0 Å². The fourth-order valence-corrected chi connectivity index (χ4v) is 2.60. The van der Waals surface area contributed by atoms with Gasteiger partial charge in [0.15, 0.2) is 0 Å². The highest BCUT2D eigenvalue weighted by molar-refractivity contribution is 6.26. The van der Waals surface area contributed by atoms with Crippen LogP contribution in [0.15, 0.2) is 59.3 Å². The van der Waals surface area contributed by atoms with E-state index in [0.29, 0.717) is 5.71 Å². The van der Waals surface area contributed by atoms with Gasteiger partial charge >= 0.3 is 0 Å². The van der Waals surface area contributed by atoms with Gasteiger partial charge in [0.2, 0.25) is 5.91 Å². The maximum atomic E-state index is 11.1. The van der Waals surface area contributed by atoms with E-state index < -0.39 is 0 Å². The van der Waals surface area contributed by atoms with E-state index in [2.05, 4.69) is 20.3 Å². The number of aromatic nitrogens is 2. The van der Waals surface area contributed by atoms with Crippen LogP contribution >= 0.6 is 0 Å². The van der Waals surface area contributed by atoms with Gasteiger partial charge in [-0.05, 0) is 54.6 Å². The van der Waals surface area contributed by atoms with Crippen molar-refractivity contribution in [3.8, 4) is 0 Å². The summed E-state index contributed by atoms with van der Waals surface area (Å²) in [7, 11) is 0. The van der Waals surface area contributed by atoms with Gasteiger partial charge in [-0.1, -0.05) is 0 Å². The quantitative estimate of drug-likeness (QED) is 0.766. The number of carbonyl (C=O) groups excluding carboxylic acids is 2. The van der Waals surface area contributed by atoms with E-state index in [0.717, 1.165) is 27.8 Å². The monoisotopic (exact) mass is 330 g/mol. The van der Waals surface area contributed by atoms with E-state index in [9.17, 15) is 9.59 Å². The van der Waals surface area contributed by atoms with Gasteiger partial charge in [-0.25, -0.2) is 4.99 Å². The molecule has 0 saturated heterocycles. The average Bonchev–Trinajstić information content (AvgIpc) is 3.33. The number of aliphatic imine (C=N–C) groups is 1. The summed E-state index contributed by atoms with van der Waals surface area (Å²) in [6.45, 7) is 0. The Labute approximate surface area is 142 Å². The Hall–Kier alpha value is -3.67. The number of rotatable bonds is 3. The third-order valence-corrected chi connectivity index (χ3v) is 3.71. The molecule has 2 aromatic rings. The van der Waals surface area contributed by atoms with Crippen molar-refractivity contribution < 1.29 is 9.59 Å². The molecule has 122 valence electrons. The van der Waals surface area contributed by atoms with Crippen LogP contribution in [0.1, 0.15) is 11.4 Å². The molecule has 4 heterocycles. The summed E-state index contributed by atoms with van der Waals surface area (Å²) in [5.41, 5.74) is 3.23. The van der Waals surface area contributed by atoms with Gasteiger partial charge in [-0.15, -0.1) is 0 Å². The molecule has 25 heavy (non-hydrogen) atoms. The van der Waals surface area contributed by atoms with Crippen molar-refractivity contribution in [1.82, 2.24) is 15.3 Å². The molecule has 0 unspecified atom stereocenters. The SMILES string of the molecule is O=C1C=CC(/C=c2\ccc(=Cc3ccc(C=C4C=CC(=O)N4)[nH]3)[nH]2)=N1. The minimum Gasteiger partial charge on any atom is -0.355 e. The van der Waals surface area contributed by atoms with Crippen LogP contribution in [-0.2, 0) is 9.59 Å². The molecule has 4 rings (SSSR count). The van der Waals surface area contributed by atoms with Crippen molar-refractivity contribution in [2.45, 2.75) is 0 Å². The topological polar surface area (TPSA) is 90.1 Å². The van der Waals surface area contributed by atoms with Crippen LogP contribution in [-0.4, -0.2) is 27.5 Å². The number of allylic oxidation sites excluding steroid dienone is 2. The molecule has 0 spiro atoms. The molecule has 6 heteroatoms. The molecule has 0 saturated carbocycles. The molecule has 0 aromatic carbocycles. The maximum Gasteiger partial charge on any atom is 0.270 e. The molecule has 2 aromatic heterocycles. The lowest BCUT2D eigenvalue weighted by atomic mass is 10.3. The largest absolute Gasteiger partial charge is 0.355 e. The molecular formula is C19H14N4O2. The molecule has 6 nitrogen and oxygen atoms in total. The van der Waals surface area contributed by atoms with E-state index in [1.807, 2.05) is 42.5 Å². The second kappa shape index (κ2) is 6.09. The highest BCUT2D eigenvalue weighted by atomic mass is 16.2. The number of aromatic amines is 2. The summed E-state index contributed by atoms with van der Waals surface area (Å²) in [6.07, 6.45) is 12.0. The van der Waals surface area contributed by atoms with Crippen molar-refractivity contribution in [3.05, 3.63) is 76.4 Å². The maximum absolute atomic E-state index is 11.1. The number of amides is 2. The third-order valence-electron chi connectivity index (χ3n) is 3.71. The Morgan fingerprint density at radius 3 is 2.20 bits per heavy atom. The lowest BCUT2D eigenvalue weighted by Crippen LogP contribution is -2.12. The van der Waals surface area contributed by atoms with Gasteiger partial charge in [0.25, 0.3) is 5.91 Å². The Balaban J connectivity index is 1.56. The number of hydrogen-bond acceptors (Lipinski definition) is 2. The molecule has 2 aliphatic rings. The number of nitrogens with zero attached hydrogens (tertiary/aromatic N) is 1. The van der Waals surface area contributed by atoms with Crippen LogP contribution in [0.2, 0.25) is 0 Å². The molecule has 0 atom stereocenters. The van der Waals surface area contributed by atoms with Crippen LogP contribution in [0.5, 0.6) is 0 Å². The summed E-state index contributed by atoms with van der Waals surface area (Å²) in [5, 5.41) is 4.53. The standard InChI is InChI=1S/C19H14N4O2/c24-18-7-5-16(22-18)10-14-3-1-12(20-14)9-13-2-4-15(21-13)11-17-6-8-19(25)23-17/h1-11,20-21H,(H,22,24)/b13-9?,15-11+,16-10?. The van der Waals surface area contributed by atoms with Crippen molar-refractivity contribution in [1.29, 1.82) is 0 Å². The molecular weight excluding hydrogens is 316 g/mol. The Morgan fingerprint density at radius 1 is 0.760 bits per heavy atom. The fourth-order valence-electron chi connectivity index (χ4n) is 2.60. The van der Waals surface area contributed by atoms with E-state index >= 15 is 0 Å². The van der Waals surface area contributed by atoms with Gasteiger partial charge < -0.3 is 15.3 Å². The van der Waals surface area contributed by atoms with Crippen LogP contribution in [0, 0.1) is 0 Å². The summed E-state index contributed by atoms with van der Waals surface area (Å²) < 4.78 is 0. The summed E-state index contributed by atoms with van der Waals surface area (Å²) in [6, 6.07) is 7.78. The second-order valence-electron chi connectivity index (χ2n) is 5.66. The first kappa shape index (κ1) is 14.9. The van der Waals surface area contributed by atoms with E-state index in [-0.39, 0.29) is 11.8 Å². The predicted octanol–water partition coefficient (Wildman–Crippen LogP) is 0.516. The van der Waals surface area contributed by atoms with Crippen molar-refractivity contribution in [2.24, 2.45) is 4.99 Å². The summed E-state index contributed by atoms with van der Waals surface area (Å²) in [5.74, 6) is -0.339. The minimum absolute atomic E-state index is 0.108. The Kier molecular flexibility index (Phi) is 3.63. The van der Waals surface area contributed by atoms with Gasteiger partial charge in [0, 0.05) is 39.9 Å². The van der Waals surface area contributed by atoms with E-state index in [1.165, 1.54) is 12.2 Å². The number of hydrogen-bond donors (Lipinski definition) is 3. The first-order valence-corrected chi connectivity index (χ1v) is 7.73. The summed E-state index contributed by atoms with van der Waals surface area (Å²) in [4.78, 5) is 32.6. The highest BCUT2D eigenvalue weighted by Gasteiger charge is 2.06. The number of carbonyl (C=O) groups is 2. The zero-order valence-electron chi connectivity index (χ0n) is 13.1. The molecule has 0 aliphatic carbocycles. The molecule has 2 amide bonds. The third kappa shape index (κ3) is 3.48. The van der Waals surface area contributed by atoms with Crippen LogP contribution in [0.4, 0.5) is 0 Å². The molecule has 0 fully saturated rings. The smallest absolute Gasteiger partial charge is 0.270 e.